The summed E-state index contributed by atoms with van der Waals surface area (Å²) in [5.41, 5.74) is 2.50. The molecular formula is C20H18N2O2. The number of hydrogen-bond acceptors (Lipinski definition) is 3. The monoisotopic (exact) mass is 318 g/mol. The van der Waals surface area contributed by atoms with Crippen molar-refractivity contribution >= 4 is 11.9 Å². The van der Waals surface area contributed by atoms with E-state index in [0.29, 0.717) is 12.2 Å². The molecule has 120 valence electrons. The molecule has 0 atom stereocenters. The summed E-state index contributed by atoms with van der Waals surface area (Å²) in [5, 5.41) is 0. The molecule has 1 aromatic heterocycles. The molecule has 4 heteroatoms. The number of carbonyl (C=O) groups excluding carboxylic acids is 1. The molecule has 0 unspecified atom stereocenters. The van der Waals surface area contributed by atoms with Crippen LogP contribution in [-0.2, 0) is 0 Å². The van der Waals surface area contributed by atoms with Gasteiger partial charge in [0, 0.05) is 29.2 Å². The van der Waals surface area contributed by atoms with Gasteiger partial charge in [-0.3, -0.25) is 4.79 Å². The van der Waals surface area contributed by atoms with Crippen LogP contribution in [0.2, 0.25) is 0 Å². The Morgan fingerprint density at radius 1 is 1.17 bits per heavy atom. The van der Waals surface area contributed by atoms with Crippen LogP contribution in [0, 0.1) is 0 Å². The fourth-order valence-electron chi connectivity index (χ4n) is 2.38. The highest BCUT2D eigenvalue weighted by molar-refractivity contribution is 6.07. The summed E-state index contributed by atoms with van der Waals surface area (Å²) < 4.78 is 7.45. The Morgan fingerprint density at radius 3 is 2.67 bits per heavy atom. The topological polar surface area (TPSA) is 44.1 Å². The molecule has 2 aromatic carbocycles. The van der Waals surface area contributed by atoms with Gasteiger partial charge in [-0.05, 0) is 49.4 Å². The molecule has 0 saturated carbocycles. The van der Waals surface area contributed by atoms with E-state index in [0.717, 1.165) is 17.0 Å². The lowest BCUT2D eigenvalue weighted by Gasteiger charge is -2.06. The zero-order valence-electron chi connectivity index (χ0n) is 13.4. The van der Waals surface area contributed by atoms with Crippen LogP contribution in [0.25, 0.3) is 11.8 Å². The fraction of sp³-hybridized carbons (Fsp3) is 0.100. The van der Waals surface area contributed by atoms with Gasteiger partial charge in [-0.15, -0.1) is 0 Å². The first kappa shape index (κ1) is 15.7. The molecule has 0 spiro atoms. The number of rotatable bonds is 6. The van der Waals surface area contributed by atoms with E-state index in [4.69, 9.17) is 4.74 Å². The first-order valence-electron chi connectivity index (χ1n) is 7.80. The minimum Gasteiger partial charge on any atom is -0.493 e. The number of carbonyl (C=O) groups is 1. The van der Waals surface area contributed by atoms with Gasteiger partial charge in [0.15, 0.2) is 5.78 Å². The number of ether oxygens (including phenoxy) is 1. The highest BCUT2D eigenvalue weighted by atomic mass is 16.5. The van der Waals surface area contributed by atoms with Gasteiger partial charge in [-0.25, -0.2) is 4.98 Å². The molecule has 0 amide bonds. The standard InChI is InChI=1S/C20H18N2O2/c1-2-24-20-6-4-3-5-17(20)9-12-19(23)16-7-10-18(11-8-16)22-14-13-21-15-22/h3-15H,2H2,1H3/b12-9+. The second-order valence-corrected chi connectivity index (χ2v) is 5.19. The van der Waals surface area contributed by atoms with Crippen molar-refractivity contribution in [1.82, 2.24) is 9.55 Å². The number of ketones is 1. The van der Waals surface area contributed by atoms with E-state index in [1.807, 2.05) is 66.2 Å². The average Bonchev–Trinajstić information content (AvgIpc) is 3.16. The van der Waals surface area contributed by atoms with E-state index < -0.39 is 0 Å². The van der Waals surface area contributed by atoms with Gasteiger partial charge in [0.2, 0.25) is 0 Å². The number of benzene rings is 2. The highest BCUT2D eigenvalue weighted by Gasteiger charge is 2.04. The van der Waals surface area contributed by atoms with Gasteiger partial charge >= 0.3 is 0 Å². The minimum atomic E-state index is -0.0431. The van der Waals surface area contributed by atoms with Crippen molar-refractivity contribution < 1.29 is 9.53 Å². The Kier molecular flexibility index (Phi) is 4.87. The van der Waals surface area contributed by atoms with Crippen LogP contribution in [0.1, 0.15) is 22.8 Å². The summed E-state index contributed by atoms with van der Waals surface area (Å²) in [6.45, 7) is 2.53. The van der Waals surface area contributed by atoms with Crippen LogP contribution >= 0.6 is 0 Å². The molecule has 3 rings (SSSR count). The van der Waals surface area contributed by atoms with Crippen molar-refractivity contribution in [3.8, 4) is 11.4 Å². The van der Waals surface area contributed by atoms with Crippen molar-refractivity contribution in [2.24, 2.45) is 0 Å². The maximum absolute atomic E-state index is 12.3. The molecule has 0 radical (unpaired) electrons. The van der Waals surface area contributed by atoms with E-state index in [-0.39, 0.29) is 5.78 Å². The molecule has 0 aliphatic heterocycles. The third-order valence-corrected chi connectivity index (χ3v) is 3.59. The predicted octanol–water partition coefficient (Wildman–Crippen LogP) is 4.17. The maximum Gasteiger partial charge on any atom is 0.185 e. The molecule has 4 nitrogen and oxygen atoms in total. The molecule has 1 heterocycles. The Hall–Kier alpha value is -3.14. The second kappa shape index (κ2) is 7.42. The van der Waals surface area contributed by atoms with Crippen molar-refractivity contribution in [1.29, 1.82) is 0 Å². The summed E-state index contributed by atoms with van der Waals surface area (Å²) in [4.78, 5) is 16.4. The number of aromatic nitrogens is 2. The summed E-state index contributed by atoms with van der Waals surface area (Å²) in [6.07, 6.45) is 8.67. The van der Waals surface area contributed by atoms with Crippen LogP contribution in [0.4, 0.5) is 0 Å². The van der Waals surface area contributed by atoms with Crippen molar-refractivity contribution in [2.75, 3.05) is 6.61 Å². The third-order valence-electron chi connectivity index (χ3n) is 3.59. The Balaban J connectivity index is 1.75. The molecule has 3 aromatic rings. The second-order valence-electron chi connectivity index (χ2n) is 5.19. The Bertz CT molecular complexity index is 834. The van der Waals surface area contributed by atoms with Gasteiger partial charge in [0.05, 0.1) is 12.9 Å². The normalized spacial score (nSPS) is 10.9. The SMILES string of the molecule is CCOc1ccccc1/C=C/C(=O)c1ccc(-n2ccnc2)cc1. The van der Waals surface area contributed by atoms with Gasteiger partial charge in [0.25, 0.3) is 0 Å². The maximum atomic E-state index is 12.3. The molecule has 0 fully saturated rings. The van der Waals surface area contributed by atoms with Crippen molar-refractivity contribution in [3.63, 3.8) is 0 Å². The molecule has 0 saturated heterocycles. The molecule has 0 aliphatic carbocycles. The summed E-state index contributed by atoms with van der Waals surface area (Å²) in [7, 11) is 0. The van der Waals surface area contributed by atoms with Gasteiger partial charge in [-0.1, -0.05) is 18.2 Å². The summed E-state index contributed by atoms with van der Waals surface area (Å²) >= 11 is 0. The molecular weight excluding hydrogens is 300 g/mol. The molecule has 0 aliphatic rings. The average molecular weight is 318 g/mol. The van der Waals surface area contributed by atoms with E-state index in [2.05, 4.69) is 4.98 Å². The first-order valence-corrected chi connectivity index (χ1v) is 7.80. The largest absolute Gasteiger partial charge is 0.493 e. The number of nitrogens with zero attached hydrogens (tertiary/aromatic N) is 2. The predicted molar refractivity (Wildman–Crippen MR) is 94.5 cm³/mol. The summed E-state index contributed by atoms with van der Waals surface area (Å²) in [6, 6.07) is 15.1. The van der Waals surface area contributed by atoms with E-state index in [9.17, 15) is 4.79 Å². The zero-order valence-corrected chi connectivity index (χ0v) is 13.4. The lowest BCUT2D eigenvalue weighted by molar-refractivity contribution is 0.104. The van der Waals surface area contributed by atoms with Crippen LogP contribution in [0.15, 0.2) is 73.3 Å². The van der Waals surface area contributed by atoms with Crippen LogP contribution < -0.4 is 4.74 Å². The number of allylic oxidation sites excluding steroid dienone is 1. The fourth-order valence-corrected chi connectivity index (χ4v) is 2.38. The highest BCUT2D eigenvalue weighted by Crippen LogP contribution is 2.20. The van der Waals surface area contributed by atoms with Gasteiger partial charge < -0.3 is 9.30 Å². The third kappa shape index (κ3) is 3.60. The number of para-hydroxylation sites is 1. The van der Waals surface area contributed by atoms with Gasteiger partial charge in [-0.2, -0.15) is 0 Å². The molecule has 24 heavy (non-hydrogen) atoms. The molecule has 0 N–H and O–H groups in total. The molecule has 0 bridgehead atoms. The number of hydrogen-bond donors (Lipinski definition) is 0. The Labute approximate surface area is 141 Å². The first-order chi connectivity index (χ1) is 11.8. The zero-order chi connectivity index (χ0) is 16.8. The van der Waals surface area contributed by atoms with Crippen LogP contribution in [0.5, 0.6) is 5.75 Å². The quantitative estimate of drug-likeness (QED) is 0.506. The van der Waals surface area contributed by atoms with Crippen molar-refractivity contribution in [3.05, 3.63) is 84.5 Å². The van der Waals surface area contributed by atoms with E-state index >= 15 is 0 Å². The van der Waals surface area contributed by atoms with E-state index in [1.54, 1.807) is 24.7 Å². The minimum absolute atomic E-state index is 0.0431. The van der Waals surface area contributed by atoms with Crippen molar-refractivity contribution in [2.45, 2.75) is 6.92 Å². The van der Waals surface area contributed by atoms with Gasteiger partial charge in [0.1, 0.15) is 5.75 Å². The lowest BCUT2D eigenvalue weighted by atomic mass is 10.1. The van der Waals surface area contributed by atoms with Crippen LogP contribution in [0.3, 0.4) is 0 Å². The lowest BCUT2D eigenvalue weighted by Crippen LogP contribution is -1.97. The smallest absolute Gasteiger partial charge is 0.185 e. The van der Waals surface area contributed by atoms with Crippen LogP contribution in [-0.4, -0.2) is 21.9 Å². The Morgan fingerprint density at radius 2 is 1.96 bits per heavy atom. The summed E-state index contributed by atoms with van der Waals surface area (Å²) in [5.74, 6) is 0.734. The van der Waals surface area contributed by atoms with E-state index in [1.165, 1.54) is 0 Å². The number of imidazole rings is 1.